The molecule has 2 aromatic heterocycles. The predicted octanol–water partition coefficient (Wildman–Crippen LogP) is 5.74. The largest absolute Gasteiger partial charge is 0.265 e. The van der Waals surface area contributed by atoms with Crippen molar-refractivity contribution in [1.29, 1.82) is 0 Å². The van der Waals surface area contributed by atoms with E-state index in [0.717, 1.165) is 0 Å². The van der Waals surface area contributed by atoms with Crippen molar-refractivity contribution in [3.63, 3.8) is 0 Å². The zero-order chi connectivity index (χ0) is 14.9. The average Bonchev–Trinajstić information content (AvgIpc) is 2.92. The molecule has 2 aromatic carbocycles. The van der Waals surface area contributed by atoms with Gasteiger partial charge in [-0.05, 0) is 41.8 Å². The van der Waals surface area contributed by atoms with Crippen LogP contribution in [0.5, 0.6) is 0 Å². The third kappa shape index (κ3) is 2.88. The van der Waals surface area contributed by atoms with Crippen LogP contribution in [-0.4, -0.2) is 4.98 Å². The summed E-state index contributed by atoms with van der Waals surface area (Å²) in [5.74, 6) is 0. The van der Waals surface area contributed by atoms with E-state index in [1.54, 1.807) is 0 Å². The normalized spacial score (nSPS) is 10.5. The molecule has 0 amide bonds. The van der Waals surface area contributed by atoms with Crippen molar-refractivity contribution in [3.05, 3.63) is 77.9 Å². The maximum atomic E-state index is 4.14. The van der Waals surface area contributed by atoms with E-state index in [0.29, 0.717) is 0 Å². The van der Waals surface area contributed by atoms with Crippen molar-refractivity contribution in [3.8, 4) is 22.3 Å². The molecule has 0 unspecified atom stereocenters. The topological polar surface area (TPSA) is 12.9 Å². The van der Waals surface area contributed by atoms with Crippen molar-refractivity contribution in [2.75, 3.05) is 0 Å². The van der Waals surface area contributed by atoms with Crippen molar-refractivity contribution < 1.29 is 20.1 Å². The summed E-state index contributed by atoms with van der Waals surface area (Å²) in [5, 5.41) is 1.34. The summed E-state index contributed by atoms with van der Waals surface area (Å²) in [7, 11) is 0. The molecule has 4 rings (SSSR count). The molecular weight excluding hydrogens is 479 g/mol. The number of pyridine rings is 1. The van der Waals surface area contributed by atoms with Gasteiger partial charge in [0.15, 0.2) is 0 Å². The molecule has 2 heterocycles. The summed E-state index contributed by atoms with van der Waals surface area (Å²) in [6.07, 6.45) is 3.70. The standard InChI is InChI=1S/C20H14NS.Ir/c1-14-19(16-6-3-2-4-7-16)20-17(8-5-9-18(20)22-14)15-10-12-21-13-11-15;/h3-13H,1H3;/q-1;. The Kier molecular flexibility index (Phi) is 4.72. The maximum Gasteiger partial charge on any atom is 0.0357 e. The van der Waals surface area contributed by atoms with Gasteiger partial charge in [-0.2, -0.15) is 30.3 Å². The zero-order valence-corrected chi connectivity index (χ0v) is 15.8. The van der Waals surface area contributed by atoms with Gasteiger partial charge in [0.2, 0.25) is 0 Å². The number of aryl methyl sites for hydroxylation is 1. The van der Waals surface area contributed by atoms with E-state index >= 15 is 0 Å². The smallest absolute Gasteiger partial charge is 0.0357 e. The van der Waals surface area contributed by atoms with Gasteiger partial charge in [-0.3, -0.25) is 4.98 Å². The van der Waals surface area contributed by atoms with E-state index in [9.17, 15) is 0 Å². The van der Waals surface area contributed by atoms with Crippen molar-refractivity contribution in [2.45, 2.75) is 6.92 Å². The van der Waals surface area contributed by atoms with Crippen molar-refractivity contribution in [1.82, 2.24) is 4.98 Å². The summed E-state index contributed by atoms with van der Waals surface area (Å²) < 4.78 is 1.33. The number of rotatable bonds is 2. The Morgan fingerprint density at radius 1 is 0.913 bits per heavy atom. The molecule has 115 valence electrons. The molecule has 0 aliphatic carbocycles. The second kappa shape index (κ2) is 6.76. The first kappa shape index (κ1) is 16.1. The van der Waals surface area contributed by atoms with Gasteiger partial charge >= 0.3 is 0 Å². The molecule has 4 aromatic rings. The summed E-state index contributed by atoms with van der Waals surface area (Å²) in [5.41, 5.74) is 5.07. The fourth-order valence-corrected chi connectivity index (χ4v) is 4.05. The second-order valence-corrected chi connectivity index (χ2v) is 6.49. The fourth-order valence-electron chi connectivity index (χ4n) is 2.94. The average molecular weight is 493 g/mol. The quantitative estimate of drug-likeness (QED) is 0.326. The van der Waals surface area contributed by atoms with Gasteiger partial charge in [-0.25, -0.2) is 0 Å². The monoisotopic (exact) mass is 493 g/mol. The zero-order valence-electron chi connectivity index (χ0n) is 12.5. The molecule has 0 spiro atoms. The molecule has 0 bridgehead atoms. The van der Waals surface area contributed by atoms with Gasteiger partial charge in [0, 0.05) is 47.5 Å². The van der Waals surface area contributed by atoms with Crippen LogP contribution >= 0.6 is 11.3 Å². The minimum absolute atomic E-state index is 0. The van der Waals surface area contributed by atoms with Crippen LogP contribution < -0.4 is 0 Å². The van der Waals surface area contributed by atoms with Gasteiger partial charge in [0.25, 0.3) is 0 Å². The Morgan fingerprint density at radius 3 is 2.39 bits per heavy atom. The predicted molar refractivity (Wildman–Crippen MR) is 94.1 cm³/mol. The van der Waals surface area contributed by atoms with E-state index in [1.807, 2.05) is 35.9 Å². The molecule has 0 fully saturated rings. The summed E-state index contributed by atoms with van der Waals surface area (Å²) >= 11 is 1.86. The summed E-state index contributed by atoms with van der Waals surface area (Å²) in [6.45, 7) is 2.20. The third-order valence-electron chi connectivity index (χ3n) is 3.89. The Hall–Kier alpha value is -1.80. The van der Waals surface area contributed by atoms with Crippen LogP contribution in [0.25, 0.3) is 32.3 Å². The van der Waals surface area contributed by atoms with Crippen LogP contribution in [0, 0.1) is 13.0 Å². The Balaban J connectivity index is 0.00000156. The van der Waals surface area contributed by atoms with Crippen molar-refractivity contribution in [2.24, 2.45) is 0 Å². The van der Waals surface area contributed by atoms with E-state index in [2.05, 4.69) is 60.4 Å². The molecule has 1 radical (unpaired) electrons. The number of hydrogen-bond donors (Lipinski definition) is 0. The first-order valence-electron chi connectivity index (χ1n) is 7.23. The third-order valence-corrected chi connectivity index (χ3v) is 4.96. The molecule has 0 atom stereocenters. The van der Waals surface area contributed by atoms with Gasteiger partial charge < -0.3 is 0 Å². The Morgan fingerprint density at radius 2 is 1.65 bits per heavy atom. The van der Waals surface area contributed by atoms with Crippen LogP contribution in [0.1, 0.15) is 4.88 Å². The second-order valence-electron chi connectivity index (χ2n) is 5.24. The fraction of sp³-hybridized carbons (Fsp3) is 0.0500. The molecule has 0 aliphatic heterocycles. The van der Waals surface area contributed by atoms with Crippen LogP contribution in [0.15, 0.2) is 67.0 Å². The number of benzene rings is 2. The van der Waals surface area contributed by atoms with Gasteiger partial charge in [-0.15, -0.1) is 16.9 Å². The van der Waals surface area contributed by atoms with E-state index in [1.165, 1.54) is 37.2 Å². The maximum absolute atomic E-state index is 4.14. The number of fused-ring (bicyclic) bond motifs is 1. The molecule has 0 aliphatic rings. The van der Waals surface area contributed by atoms with E-state index < -0.39 is 0 Å². The van der Waals surface area contributed by atoms with Gasteiger partial charge in [-0.1, -0.05) is 12.1 Å². The number of nitrogens with zero attached hydrogens (tertiary/aromatic N) is 1. The van der Waals surface area contributed by atoms with Gasteiger partial charge in [0.1, 0.15) is 0 Å². The minimum Gasteiger partial charge on any atom is -0.265 e. The van der Waals surface area contributed by atoms with E-state index in [-0.39, 0.29) is 20.1 Å². The molecule has 1 nitrogen and oxygen atoms in total. The molecular formula is C20H14IrNS-. The van der Waals surface area contributed by atoms with Crippen molar-refractivity contribution >= 4 is 21.4 Å². The SMILES string of the molecule is Cc1sc2cccc(-c3ccncc3)c2c1-c1cc[c-]cc1.[Ir]. The minimum atomic E-state index is 0. The van der Waals surface area contributed by atoms with Crippen LogP contribution in [0.4, 0.5) is 0 Å². The molecule has 0 saturated heterocycles. The summed E-state index contributed by atoms with van der Waals surface area (Å²) in [4.78, 5) is 5.48. The number of hydrogen-bond acceptors (Lipinski definition) is 2. The van der Waals surface area contributed by atoms with Crippen LogP contribution in [0.3, 0.4) is 0 Å². The molecule has 3 heteroatoms. The van der Waals surface area contributed by atoms with E-state index in [4.69, 9.17) is 0 Å². The molecule has 0 N–H and O–H groups in total. The van der Waals surface area contributed by atoms with Crippen LogP contribution in [-0.2, 0) is 20.1 Å². The summed E-state index contributed by atoms with van der Waals surface area (Å²) in [6, 6.07) is 22.0. The Bertz CT molecular complexity index is 930. The number of thiophene rings is 1. The van der Waals surface area contributed by atoms with Gasteiger partial charge in [0.05, 0.1) is 0 Å². The molecule has 23 heavy (non-hydrogen) atoms. The Labute approximate surface area is 153 Å². The molecule has 0 saturated carbocycles. The van der Waals surface area contributed by atoms with Crippen LogP contribution in [0.2, 0.25) is 0 Å². The first-order valence-corrected chi connectivity index (χ1v) is 8.05. The number of aromatic nitrogens is 1. The first-order chi connectivity index (χ1) is 10.8.